The molecule has 4 heteroatoms. The molecule has 0 aromatic carbocycles. The first-order chi connectivity index (χ1) is 3.13. The molecule has 0 saturated carbocycles. The molecule has 0 saturated heterocycles. The largest absolute Gasteiger partial charge is 0.346 e. The fourth-order valence-corrected chi connectivity index (χ4v) is 0.826. The van der Waals surface area contributed by atoms with E-state index in [4.69, 9.17) is 10.6 Å². The number of hydrogen-bond donors (Lipinski definition) is 2. The van der Waals surface area contributed by atoms with Crippen molar-refractivity contribution in [1.82, 2.24) is 0 Å². The van der Waals surface area contributed by atoms with E-state index in [-0.39, 0.29) is 12.2 Å². The maximum Gasteiger partial charge on any atom is 0.190 e. The molecule has 0 fully saturated rings. The van der Waals surface area contributed by atoms with Crippen LogP contribution in [0.2, 0.25) is 0 Å². The van der Waals surface area contributed by atoms with Gasteiger partial charge in [-0.1, -0.05) is 0 Å². The highest BCUT2D eigenvalue weighted by atomic mass is 31.1. The van der Waals surface area contributed by atoms with E-state index in [1.54, 1.807) is 6.92 Å². The molecule has 0 radical (unpaired) electrons. The van der Waals surface area contributed by atoms with Crippen molar-refractivity contribution in [2.24, 2.45) is 5.73 Å². The monoisotopic (exact) mass is 123 g/mol. The van der Waals surface area contributed by atoms with Gasteiger partial charge in [0.25, 0.3) is 0 Å². The van der Waals surface area contributed by atoms with Crippen molar-refractivity contribution in [2.45, 2.75) is 13.0 Å². The summed E-state index contributed by atoms with van der Waals surface area (Å²) < 4.78 is 9.91. The summed E-state index contributed by atoms with van der Waals surface area (Å²) in [5.41, 5.74) is 5.16. The Bertz CT molecular complexity index is 73.3. The van der Waals surface area contributed by atoms with Crippen molar-refractivity contribution >= 4 is 8.03 Å². The van der Waals surface area contributed by atoms with Gasteiger partial charge in [-0.05, 0) is 6.92 Å². The van der Waals surface area contributed by atoms with E-state index in [9.17, 15) is 4.57 Å². The SMILES string of the molecule is CC(N)C[PH](=O)O. The van der Waals surface area contributed by atoms with E-state index in [1.807, 2.05) is 0 Å². The average Bonchev–Trinajstić information content (AvgIpc) is 1.27. The Balaban J connectivity index is 3.13. The Morgan fingerprint density at radius 2 is 2.43 bits per heavy atom. The second kappa shape index (κ2) is 3.19. The summed E-state index contributed by atoms with van der Waals surface area (Å²) in [6.45, 7) is 1.71. The highest BCUT2D eigenvalue weighted by Crippen LogP contribution is 2.11. The van der Waals surface area contributed by atoms with Gasteiger partial charge in [0, 0.05) is 12.2 Å². The van der Waals surface area contributed by atoms with Crippen LogP contribution in [-0.2, 0) is 4.57 Å². The molecule has 2 unspecified atom stereocenters. The van der Waals surface area contributed by atoms with E-state index in [2.05, 4.69) is 0 Å². The number of hydrogen-bond acceptors (Lipinski definition) is 2. The van der Waals surface area contributed by atoms with Gasteiger partial charge in [0.2, 0.25) is 0 Å². The van der Waals surface area contributed by atoms with Crippen LogP contribution in [0.25, 0.3) is 0 Å². The van der Waals surface area contributed by atoms with Crippen LogP contribution in [0.3, 0.4) is 0 Å². The Morgan fingerprint density at radius 1 is 2.00 bits per heavy atom. The maximum absolute atomic E-state index is 9.91. The third-order valence-corrected chi connectivity index (χ3v) is 1.49. The van der Waals surface area contributed by atoms with Crippen LogP contribution < -0.4 is 5.73 Å². The van der Waals surface area contributed by atoms with Gasteiger partial charge in [0.1, 0.15) is 0 Å². The molecule has 0 amide bonds. The van der Waals surface area contributed by atoms with Gasteiger partial charge in [-0.25, -0.2) is 0 Å². The van der Waals surface area contributed by atoms with Crippen LogP contribution in [0.1, 0.15) is 6.92 Å². The predicted octanol–water partition coefficient (Wildman–Crippen LogP) is -0.199. The summed E-state index contributed by atoms with van der Waals surface area (Å²) in [7, 11) is -2.31. The lowest BCUT2D eigenvalue weighted by atomic mass is 10.4. The first-order valence-corrected chi connectivity index (χ1v) is 3.66. The van der Waals surface area contributed by atoms with Gasteiger partial charge in [-0.3, -0.25) is 4.57 Å². The molecule has 0 bridgehead atoms. The standard InChI is InChI=1S/C3H10NO2P/c1-3(4)2-7(5)6/h3,7H,2,4H2,1H3,(H,5,6). The number of rotatable bonds is 2. The quantitative estimate of drug-likeness (QED) is 0.500. The minimum Gasteiger partial charge on any atom is -0.346 e. The third kappa shape index (κ3) is 6.15. The summed E-state index contributed by atoms with van der Waals surface area (Å²) in [5.74, 6) is 0. The highest BCUT2D eigenvalue weighted by molar-refractivity contribution is 7.38. The molecule has 0 aromatic rings. The molecular weight excluding hydrogens is 113 g/mol. The Kier molecular flexibility index (Phi) is 3.26. The van der Waals surface area contributed by atoms with E-state index >= 15 is 0 Å². The number of nitrogens with two attached hydrogens (primary N) is 1. The lowest BCUT2D eigenvalue weighted by Gasteiger charge is -1.96. The summed E-state index contributed by atoms with van der Waals surface area (Å²) >= 11 is 0. The lowest BCUT2D eigenvalue weighted by Crippen LogP contribution is -2.17. The summed E-state index contributed by atoms with van der Waals surface area (Å²) in [6.07, 6.45) is 0.241. The van der Waals surface area contributed by atoms with Crippen molar-refractivity contribution in [2.75, 3.05) is 6.16 Å². The van der Waals surface area contributed by atoms with Gasteiger partial charge in [-0.2, -0.15) is 0 Å². The van der Waals surface area contributed by atoms with Crippen LogP contribution >= 0.6 is 8.03 Å². The minimum absolute atomic E-state index is 0.142. The summed E-state index contributed by atoms with van der Waals surface area (Å²) in [4.78, 5) is 8.19. The Hall–Kier alpha value is 0.150. The van der Waals surface area contributed by atoms with Crippen molar-refractivity contribution in [3.8, 4) is 0 Å². The molecule has 0 aliphatic rings. The summed E-state index contributed by atoms with van der Waals surface area (Å²) in [6, 6.07) is -0.142. The van der Waals surface area contributed by atoms with Crippen molar-refractivity contribution in [1.29, 1.82) is 0 Å². The lowest BCUT2D eigenvalue weighted by molar-refractivity contribution is 0.499. The average molecular weight is 123 g/mol. The van der Waals surface area contributed by atoms with Crippen LogP contribution in [0.15, 0.2) is 0 Å². The van der Waals surface area contributed by atoms with Gasteiger partial charge in [0.15, 0.2) is 8.03 Å². The minimum atomic E-state index is -2.31. The van der Waals surface area contributed by atoms with Gasteiger partial charge in [0.05, 0.1) is 0 Å². The Labute approximate surface area is 43.4 Å². The topological polar surface area (TPSA) is 63.3 Å². The third-order valence-electron chi connectivity index (χ3n) is 0.497. The van der Waals surface area contributed by atoms with E-state index in [0.717, 1.165) is 0 Å². The Morgan fingerprint density at radius 3 is 2.43 bits per heavy atom. The smallest absolute Gasteiger partial charge is 0.190 e. The van der Waals surface area contributed by atoms with Gasteiger partial charge >= 0.3 is 0 Å². The first kappa shape index (κ1) is 7.15. The van der Waals surface area contributed by atoms with Gasteiger partial charge in [-0.15, -0.1) is 0 Å². The second-order valence-electron chi connectivity index (χ2n) is 1.58. The fraction of sp³-hybridized carbons (Fsp3) is 1.00. The summed E-state index contributed by atoms with van der Waals surface area (Å²) in [5, 5.41) is 0. The molecule has 0 rings (SSSR count). The van der Waals surface area contributed by atoms with Crippen molar-refractivity contribution in [3.63, 3.8) is 0 Å². The fourth-order valence-electron chi connectivity index (χ4n) is 0.275. The molecule has 0 aliphatic carbocycles. The molecule has 7 heavy (non-hydrogen) atoms. The molecule has 0 heterocycles. The van der Waals surface area contributed by atoms with Crippen LogP contribution in [0.5, 0.6) is 0 Å². The van der Waals surface area contributed by atoms with Crippen LogP contribution in [0, 0.1) is 0 Å². The normalized spacial score (nSPS) is 18.7. The van der Waals surface area contributed by atoms with E-state index < -0.39 is 8.03 Å². The molecule has 44 valence electrons. The van der Waals surface area contributed by atoms with Crippen LogP contribution in [0.4, 0.5) is 0 Å². The second-order valence-corrected chi connectivity index (χ2v) is 2.77. The molecule has 2 atom stereocenters. The zero-order valence-electron chi connectivity index (χ0n) is 4.22. The first-order valence-electron chi connectivity index (χ1n) is 2.10. The molecule has 3 N–H and O–H groups in total. The van der Waals surface area contributed by atoms with Crippen LogP contribution in [-0.4, -0.2) is 17.1 Å². The maximum atomic E-state index is 9.91. The highest BCUT2D eigenvalue weighted by Gasteiger charge is 1.95. The molecule has 0 spiro atoms. The predicted molar refractivity (Wildman–Crippen MR) is 29.7 cm³/mol. The molecule has 0 aliphatic heterocycles. The molecular formula is C3H10NO2P. The van der Waals surface area contributed by atoms with Crippen molar-refractivity contribution < 1.29 is 9.46 Å². The van der Waals surface area contributed by atoms with E-state index in [1.165, 1.54) is 0 Å². The molecule has 0 aromatic heterocycles. The van der Waals surface area contributed by atoms with Gasteiger partial charge < -0.3 is 10.6 Å². The van der Waals surface area contributed by atoms with Crippen molar-refractivity contribution in [3.05, 3.63) is 0 Å². The zero-order chi connectivity index (χ0) is 5.86. The zero-order valence-corrected chi connectivity index (χ0v) is 5.22. The molecule has 3 nitrogen and oxygen atoms in total. The van der Waals surface area contributed by atoms with E-state index in [0.29, 0.717) is 0 Å².